The summed E-state index contributed by atoms with van der Waals surface area (Å²) in [7, 11) is 0. The largest absolute Gasteiger partial charge is 0.309 e. The summed E-state index contributed by atoms with van der Waals surface area (Å²) in [5, 5.41) is 3.57. The molecular formula is C50H32N6. The van der Waals surface area contributed by atoms with E-state index in [0.717, 1.165) is 72.8 Å². The third kappa shape index (κ3) is 5.19. The maximum absolute atomic E-state index is 5.00. The first-order valence-electron chi connectivity index (χ1n) is 18.7. The number of benzene rings is 5. The van der Waals surface area contributed by atoms with Crippen molar-refractivity contribution in [1.29, 1.82) is 0 Å². The van der Waals surface area contributed by atoms with Crippen molar-refractivity contribution in [1.82, 2.24) is 29.1 Å². The Morgan fingerprint density at radius 1 is 0.339 bits per heavy atom. The van der Waals surface area contributed by atoms with Crippen LogP contribution in [0.4, 0.5) is 0 Å². The second-order valence-electron chi connectivity index (χ2n) is 13.9. The monoisotopic (exact) mass is 716 g/mol. The Hall–Kier alpha value is -7.70. The molecule has 0 aliphatic rings. The van der Waals surface area contributed by atoms with E-state index in [9.17, 15) is 0 Å². The normalized spacial score (nSPS) is 11.6. The fraction of sp³-hybridized carbons (Fsp3) is 0. The van der Waals surface area contributed by atoms with Crippen LogP contribution in [0.3, 0.4) is 0 Å². The van der Waals surface area contributed by atoms with E-state index in [4.69, 9.17) is 9.97 Å². The first kappa shape index (κ1) is 31.8. The molecule has 6 aromatic heterocycles. The van der Waals surface area contributed by atoms with E-state index in [1.807, 2.05) is 48.7 Å². The molecule has 0 amide bonds. The van der Waals surface area contributed by atoms with Gasteiger partial charge in [0.05, 0.1) is 50.4 Å². The predicted octanol–water partition coefficient (Wildman–Crippen LogP) is 12.1. The molecule has 0 unspecified atom stereocenters. The van der Waals surface area contributed by atoms with Crippen LogP contribution in [0.1, 0.15) is 0 Å². The van der Waals surface area contributed by atoms with Gasteiger partial charge in [0.25, 0.3) is 0 Å². The average Bonchev–Trinajstić information content (AvgIpc) is 3.80. The smallest absolute Gasteiger partial charge is 0.0963 e. The first-order valence-corrected chi connectivity index (χ1v) is 18.7. The van der Waals surface area contributed by atoms with E-state index in [-0.39, 0.29) is 0 Å². The van der Waals surface area contributed by atoms with Gasteiger partial charge in [-0.05, 0) is 108 Å². The summed E-state index contributed by atoms with van der Waals surface area (Å²) in [5.41, 5.74) is 15.3. The molecule has 0 spiro atoms. The van der Waals surface area contributed by atoms with Crippen LogP contribution in [0.25, 0.3) is 100 Å². The van der Waals surface area contributed by atoms with Gasteiger partial charge in [-0.3, -0.25) is 15.0 Å². The zero-order valence-corrected chi connectivity index (χ0v) is 30.2. The average molecular weight is 717 g/mol. The van der Waals surface area contributed by atoms with Gasteiger partial charge in [-0.2, -0.15) is 0 Å². The van der Waals surface area contributed by atoms with Crippen molar-refractivity contribution in [3.8, 4) is 56.4 Å². The van der Waals surface area contributed by atoms with Crippen LogP contribution in [0.15, 0.2) is 195 Å². The van der Waals surface area contributed by atoms with Gasteiger partial charge < -0.3 is 9.13 Å². The number of pyridine rings is 4. The van der Waals surface area contributed by atoms with E-state index in [2.05, 4.69) is 153 Å². The number of aromatic nitrogens is 6. The molecule has 0 bridgehead atoms. The number of para-hydroxylation sites is 3. The lowest BCUT2D eigenvalue weighted by Crippen LogP contribution is -1.96. The van der Waals surface area contributed by atoms with Crippen LogP contribution < -0.4 is 0 Å². The standard InChI is InChI=1S/C50H32N6/c1-2-14-36(15-3-1)56-46-22-5-4-17-39(46)40-19-11-18-38(50(40)56)34-24-25-47-41(30-34)49-48(23-12-28-53-49)55(47)37-16-10-13-33(29-37)35-31-44(42-20-6-8-26-51-42)54-45(32-35)43-21-7-9-27-52-43/h1-32H. The minimum atomic E-state index is 0.795. The highest BCUT2D eigenvalue weighted by molar-refractivity contribution is 6.15. The third-order valence-corrected chi connectivity index (χ3v) is 10.7. The molecule has 6 nitrogen and oxygen atoms in total. The molecule has 0 N–H and O–H groups in total. The molecule has 0 fully saturated rings. The summed E-state index contributed by atoms with van der Waals surface area (Å²) in [5.74, 6) is 0. The molecule has 0 radical (unpaired) electrons. The molecule has 6 heteroatoms. The van der Waals surface area contributed by atoms with Gasteiger partial charge in [0.2, 0.25) is 0 Å². The van der Waals surface area contributed by atoms with Crippen molar-refractivity contribution in [2.75, 3.05) is 0 Å². The number of hydrogen-bond acceptors (Lipinski definition) is 4. The molecule has 6 heterocycles. The SMILES string of the molecule is c1ccc(-n2c3ccccc3c3cccc(-c4ccc5c(c4)c4ncccc4n5-c4cccc(-c5cc(-c6ccccn6)nc(-c6ccccn6)c5)c4)c32)cc1. The van der Waals surface area contributed by atoms with E-state index in [0.29, 0.717) is 0 Å². The fourth-order valence-electron chi connectivity index (χ4n) is 8.19. The summed E-state index contributed by atoms with van der Waals surface area (Å²) in [6.07, 6.45) is 5.49. The van der Waals surface area contributed by atoms with Gasteiger partial charge in [0, 0.05) is 51.7 Å². The minimum absolute atomic E-state index is 0.795. The zero-order valence-electron chi connectivity index (χ0n) is 30.2. The highest BCUT2D eigenvalue weighted by Crippen LogP contribution is 2.41. The van der Waals surface area contributed by atoms with Gasteiger partial charge in [-0.1, -0.05) is 84.9 Å². The number of fused-ring (bicyclic) bond motifs is 6. The van der Waals surface area contributed by atoms with Crippen molar-refractivity contribution in [2.45, 2.75) is 0 Å². The van der Waals surface area contributed by atoms with E-state index in [1.54, 1.807) is 12.4 Å². The minimum Gasteiger partial charge on any atom is -0.309 e. The Bertz CT molecular complexity index is 3180. The lowest BCUT2D eigenvalue weighted by atomic mass is 10.00. The topological polar surface area (TPSA) is 61.4 Å². The summed E-state index contributed by atoms with van der Waals surface area (Å²) >= 11 is 0. The second kappa shape index (κ2) is 13.0. The molecule has 0 atom stereocenters. The van der Waals surface area contributed by atoms with Crippen LogP contribution in [0.2, 0.25) is 0 Å². The van der Waals surface area contributed by atoms with Gasteiger partial charge in [-0.25, -0.2) is 4.98 Å². The molecule has 56 heavy (non-hydrogen) atoms. The maximum Gasteiger partial charge on any atom is 0.0963 e. The fourth-order valence-corrected chi connectivity index (χ4v) is 8.19. The Balaban J connectivity index is 1.09. The third-order valence-electron chi connectivity index (χ3n) is 10.7. The van der Waals surface area contributed by atoms with Gasteiger partial charge in [-0.15, -0.1) is 0 Å². The number of rotatable bonds is 6. The lowest BCUT2D eigenvalue weighted by Gasteiger charge is -2.13. The lowest BCUT2D eigenvalue weighted by molar-refractivity contribution is 1.17. The van der Waals surface area contributed by atoms with Crippen LogP contribution >= 0.6 is 0 Å². The molecular weight excluding hydrogens is 685 g/mol. The molecule has 11 aromatic rings. The van der Waals surface area contributed by atoms with Crippen molar-refractivity contribution in [3.05, 3.63) is 195 Å². The predicted molar refractivity (Wildman–Crippen MR) is 228 cm³/mol. The number of nitrogens with zero attached hydrogens (tertiary/aromatic N) is 6. The maximum atomic E-state index is 5.00. The van der Waals surface area contributed by atoms with Crippen molar-refractivity contribution >= 4 is 43.7 Å². The molecule has 0 aliphatic carbocycles. The van der Waals surface area contributed by atoms with Crippen molar-refractivity contribution in [2.24, 2.45) is 0 Å². The highest BCUT2D eigenvalue weighted by atomic mass is 15.0. The summed E-state index contributed by atoms with van der Waals surface area (Å²) in [6.45, 7) is 0. The quantitative estimate of drug-likeness (QED) is 0.172. The Morgan fingerprint density at radius 2 is 1.00 bits per heavy atom. The number of hydrogen-bond donors (Lipinski definition) is 0. The zero-order chi connectivity index (χ0) is 37.0. The van der Waals surface area contributed by atoms with Crippen LogP contribution in [-0.4, -0.2) is 29.1 Å². The van der Waals surface area contributed by atoms with Crippen molar-refractivity contribution < 1.29 is 0 Å². The van der Waals surface area contributed by atoms with Gasteiger partial charge in [0.1, 0.15) is 0 Å². The second-order valence-corrected chi connectivity index (χ2v) is 13.9. The molecule has 0 saturated heterocycles. The summed E-state index contributed by atoms with van der Waals surface area (Å²) in [4.78, 5) is 19.2. The van der Waals surface area contributed by atoms with Crippen molar-refractivity contribution in [3.63, 3.8) is 0 Å². The van der Waals surface area contributed by atoms with Crippen LogP contribution in [0.5, 0.6) is 0 Å². The van der Waals surface area contributed by atoms with Gasteiger partial charge >= 0.3 is 0 Å². The summed E-state index contributed by atoms with van der Waals surface area (Å²) in [6, 6.07) is 61.7. The Labute approximate surface area is 322 Å². The molecule has 262 valence electrons. The van der Waals surface area contributed by atoms with E-state index < -0.39 is 0 Å². The first-order chi connectivity index (χ1) is 27.8. The summed E-state index contributed by atoms with van der Waals surface area (Å²) < 4.78 is 4.72. The highest BCUT2D eigenvalue weighted by Gasteiger charge is 2.19. The van der Waals surface area contributed by atoms with Gasteiger partial charge in [0.15, 0.2) is 0 Å². The molecule has 11 rings (SSSR count). The molecule has 0 aliphatic heterocycles. The molecule has 0 saturated carbocycles. The Kier molecular flexibility index (Phi) is 7.38. The van der Waals surface area contributed by atoms with Crippen LogP contribution in [0, 0.1) is 0 Å². The Morgan fingerprint density at radius 3 is 1.79 bits per heavy atom. The van der Waals surface area contributed by atoms with E-state index >= 15 is 0 Å². The molecule has 5 aromatic carbocycles. The van der Waals surface area contributed by atoms with Crippen LogP contribution in [-0.2, 0) is 0 Å². The van der Waals surface area contributed by atoms with E-state index in [1.165, 1.54) is 27.4 Å².